The normalized spacial score (nSPS) is 22.6. The predicted molar refractivity (Wildman–Crippen MR) is 54.5 cm³/mol. The number of rotatable bonds is 1. The molecule has 1 atom stereocenters. The van der Waals surface area contributed by atoms with Crippen molar-refractivity contribution in [1.82, 2.24) is 4.31 Å². The average Bonchev–Trinajstić information content (AvgIpc) is 2.03. The molecule has 0 aliphatic carbocycles. The van der Waals surface area contributed by atoms with Gasteiger partial charge in [0, 0.05) is 13.1 Å². The zero-order chi connectivity index (χ0) is 10.1. The minimum Gasteiger partial charge on any atom is -0.294 e. The zero-order valence-electron chi connectivity index (χ0n) is 8.41. The molecule has 0 saturated heterocycles. The summed E-state index contributed by atoms with van der Waals surface area (Å²) >= 11 is -1.80. The topological polar surface area (TPSA) is 40.5 Å². The largest absolute Gasteiger partial charge is 0.294 e. The highest BCUT2D eigenvalue weighted by Gasteiger charge is 2.22. The summed E-state index contributed by atoms with van der Waals surface area (Å²) in [6.07, 6.45) is 2.97. The van der Waals surface area contributed by atoms with E-state index in [1.165, 1.54) is 5.57 Å². The van der Waals surface area contributed by atoms with Crippen molar-refractivity contribution < 1.29 is 8.76 Å². The Balaban J connectivity index is 2.63. The maximum absolute atomic E-state index is 10.7. The molecular formula is C9H17NO2S. The summed E-state index contributed by atoms with van der Waals surface area (Å²) in [6.45, 7) is 7.79. The van der Waals surface area contributed by atoms with Gasteiger partial charge in [-0.2, -0.15) is 4.31 Å². The van der Waals surface area contributed by atoms with Crippen molar-refractivity contribution in [3.05, 3.63) is 11.6 Å². The second kappa shape index (κ2) is 3.90. The Bertz CT molecular complexity index is 242. The molecule has 0 aromatic carbocycles. The van der Waals surface area contributed by atoms with Gasteiger partial charge in [-0.3, -0.25) is 4.55 Å². The van der Waals surface area contributed by atoms with Gasteiger partial charge in [0.05, 0.1) is 0 Å². The van der Waals surface area contributed by atoms with Crippen LogP contribution in [0.1, 0.15) is 27.2 Å². The smallest absolute Gasteiger partial charge is 0.234 e. The van der Waals surface area contributed by atoms with E-state index in [-0.39, 0.29) is 5.41 Å². The van der Waals surface area contributed by atoms with E-state index in [9.17, 15) is 4.21 Å². The molecule has 0 aromatic heterocycles. The third kappa shape index (κ3) is 2.90. The molecule has 0 saturated carbocycles. The van der Waals surface area contributed by atoms with Gasteiger partial charge in [-0.05, 0) is 11.8 Å². The van der Waals surface area contributed by atoms with E-state index in [4.69, 9.17) is 4.55 Å². The molecule has 1 unspecified atom stereocenters. The molecule has 0 bridgehead atoms. The van der Waals surface area contributed by atoms with Crippen LogP contribution in [-0.2, 0) is 11.3 Å². The van der Waals surface area contributed by atoms with Crippen LogP contribution in [0.4, 0.5) is 0 Å². The van der Waals surface area contributed by atoms with Gasteiger partial charge < -0.3 is 0 Å². The molecule has 0 radical (unpaired) electrons. The molecule has 1 aliphatic rings. The van der Waals surface area contributed by atoms with Crippen LogP contribution in [0.3, 0.4) is 0 Å². The second-order valence-corrected chi connectivity index (χ2v) is 5.33. The van der Waals surface area contributed by atoms with Gasteiger partial charge in [0.25, 0.3) is 0 Å². The van der Waals surface area contributed by atoms with Gasteiger partial charge in [0.1, 0.15) is 0 Å². The molecule has 0 fully saturated rings. The quantitative estimate of drug-likeness (QED) is 0.521. The van der Waals surface area contributed by atoms with Crippen LogP contribution in [0.2, 0.25) is 0 Å². The standard InChI is InChI=1S/C9H17NO2S/c1-9(2,3)8-4-6-10(7-5-8)13(11)12/h4H,5-7H2,1-3H3,(H,11,12). The Morgan fingerprint density at radius 3 is 2.46 bits per heavy atom. The summed E-state index contributed by atoms with van der Waals surface area (Å²) in [6, 6.07) is 0. The van der Waals surface area contributed by atoms with Crippen molar-refractivity contribution >= 4 is 11.3 Å². The van der Waals surface area contributed by atoms with Gasteiger partial charge in [0.2, 0.25) is 11.3 Å². The average molecular weight is 203 g/mol. The third-order valence-electron chi connectivity index (χ3n) is 2.36. The molecule has 13 heavy (non-hydrogen) atoms. The Labute approximate surface area is 82.2 Å². The lowest BCUT2D eigenvalue weighted by atomic mass is 9.83. The fourth-order valence-electron chi connectivity index (χ4n) is 1.47. The number of nitrogens with zero attached hydrogens (tertiary/aromatic N) is 1. The first-order chi connectivity index (χ1) is 5.91. The van der Waals surface area contributed by atoms with Crippen molar-refractivity contribution in [2.75, 3.05) is 13.1 Å². The van der Waals surface area contributed by atoms with Crippen LogP contribution in [0.25, 0.3) is 0 Å². The second-order valence-electron chi connectivity index (χ2n) is 4.35. The van der Waals surface area contributed by atoms with Crippen molar-refractivity contribution in [2.24, 2.45) is 5.41 Å². The van der Waals surface area contributed by atoms with E-state index in [1.54, 1.807) is 4.31 Å². The fourth-order valence-corrected chi connectivity index (χ4v) is 1.92. The van der Waals surface area contributed by atoms with Gasteiger partial charge in [-0.1, -0.05) is 32.4 Å². The van der Waals surface area contributed by atoms with Crippen molar-refractivity contribution in [3.8, 4) is 0 Å². The highest BCUT2D eigenvalue weighted by atomic mass is 32.2. The lowest BCUT2D eigenvalue weighted by Gasteiger charge is -2.29. The van der Waals surface area contributed by atoms with Crippen molar-refractivity contribution in [2.45, 2.75) is 27.2 Å². The fraction of sp³-hybridized carbons (Fsp3) is 0.778. The van der Waals surface area contributed by atoms with Crippen LogP contribution in [0.5, 0.6) is 0 Å². The van der Waals surface area contributed by atoms with E-state index >= 15 is 0 Å². The van der Waals surface area contributed by atoms with Crippen LogP contribution >= 0.6 is 0 Å². The molecule has 1 heterocycles. The summed E-state index contributed by atoms with van der Waals surface area (Å²) in [5.41, 5.74) is 1.58. The lowest BCUT2D eigenvalue weighted by Crippen LogP contribution is -2.32. The van der Waals surface area contributed by atoms with Gasteiger partial charge in [-0.15, -0.1) is 0 Å². The zero-order valence-corrected chi connectivity index (χ0v) is 9.23. The molecule has 3 nitrogen and oxygen atoms in total. The van der Waals surface area contributed by atoms with Crippen molar-refractivity contribution in [3.63, 3.8) is 0 Å². The van der Waals surface area contributed by atoms with Crippen LogP contribution in [-0.4, -0.2) is 26.2 Å². The van der Waals surface area contributed by atoms with E-state index in [0.717, 1.165) is 6.42 Å². The SMILES string of the molecule is CC(C)(C)C1=CCN(S(=O)O)CC1. The third-order valence-corrected chi connectivity index (χ3v) is 3.13. The minimum atomic E-state index is -1.80. The predicted octanol–water partition coefficient (Wildman–Crippen LogP) is 1.80. The van der Waals surface area contributed by atoms with Crippen LogP contribution in [0, 0.1) is 5.41 Å². The molecule has 0 spiro atoms. The summed E-state index contributed by atoms with van der Waals surface area (Å²) in [4.78, 5) is 0. The first-order valence-electron chi connectivity index (χ1n) is 4.46. The van der Waals surface area contributed by atoms with Crippen LogP contribution in [0.15, 0.2) is 11.6 Å². The Morgan fingerprint density at radius 2 is 2.15 bits per heavy atom. The summed E-state index contributed by atoms with van der Waals surface area (Å²) in [5.74, 6) is 0. The molecule has 76 valence electrons. The van der Waals surface area contributed by atoms with Gasteiger partial charge in [-0.25, -0.2) is 4.21 Å². The van der Waals surface area contributed by atoms with Crippen molar-refractivity contribution in [1.29, 1.82) is 0 Å². The molecular weight excluding hydrogens is 186 g/mol. The van der Waals surface area contributed by atoms with Gasteiger partial charge in [0.15, 0.2) is 0 Å². The first kappa shape index (κ1) is 10.9. The molecule has 0 amide bonds. The van der Waals surface area contributed by atoms with E-state index < -0.39 is 11.3 Å². The molecule has 1 aliphatic heterocycles. The number of hydrogen-bond acceptors (Lipinski definition) is 1. The van der Waals surface area contributed by atoms with E-state index in [1.807, 2.05) is 0 Å². The Hall–Kier alpha value is -0.190. The minimum absolute atomic E-state index is 0.197. The maximum atomic E-state index is 10.7. The van der Waals surface area contributed by atoms with E-state index in [2.05, 4.69) is 26.8 Å². The lowest BCUT2D eigenvalue weighted by molar-refractivity contribution is 0.381. The molecule has 4 heteroatoms. The summed E-state index contributed by atoms with van der Waals surface area (Å²) in [7, 11) is 0. The van der Waals surface area contributed by atoms with E-state index in [0.29, 0.717) is 13.1 Å². The van der Waals surface area contributed by atoms with Crippen LogP contribution < -0.4 is 0 Å². The highest BCUT2D eigenvalue weighted by molar-refractivity contribution is 7.76. The molecule has 1 N–H and O–H groups in total. The monoisotopic (exact) mass is 203 g/mol. The first-order valence-corrected chi connectivity index (χ1v) is 5.53. The van der Waals surface area contributed by atoms with Gasteiger partial charge >= 0.3 is 0 Å². The number of hydrogen-bond donors (Lipinski definition) is 1. The summed E-state index contributed by atoms with van der Waals surface area (Å²) < 4.78 is 21.1. The highest BCUT2D eigenvalue weighted by Crippen LogP contribution is 2.30. The Morgan fingerprint density at radius 1 is 1.54 bits per heavy atom. The molecule has 1 rings (SSSR count). The maximum Gasteiger partial charge on any atom is 0.234 e. The summed E-state index contributed by atoms with van der Waals surface area (Å²) in [5, 5.41) is 0. The molecule has 0 aromatic rings. The Kier molecular flexibility index (Phi) is 3.27.